The van der Waals surface area contributed by atoms with Crippen LogP contribution in [-0.2, 0) is 24.1 Å². The second-order valence-electron chi connectivity index (χ2n) is 6.15. The highest BCUT2D eigenvalue weighted by Crippen LogP contribution is 2.11. The van der Waals surface area contributed by atoms with Crippen molar-refractivity contribution >= 4 is 6.03 Å². The number of ether oxygens (including phenoxy) is 1. The molecular formula is C18H25N5O2. The Bertz CT molecular complexity index is 673. The van der Waals surface area contributed by atoms with E-state index in [0.717, 1.165) is 18.7 Å². The summed E-state index contributed by atoms with van der Waals surface area (Å²) in [6.07, 6.45) is 3.41. The highest BCUT2D eigenvalue weighted by molar-refractivity contribution is 5.74. The number of urea groups is 1. The number of hydrogen-bond donors (Lipinski definition) is 1. The molecule has 25 heavy (non-hydrogen) atoms. The van der Waals surface area contributed by atoms with Gasteiger partial charge in [0.25, 0.3) is 0 Å². The summed E-state index contributed by atoms with van der Waals surface area (Å²) in [6.45, 7) is 5.11. The Balaban J connectivity index is 1.45. The van der Waals surface area contributed by atoms with Crippen molar-refractivity contribution in [2.75, 3.05) is 26.2 Å². The van der Waals surface area contributed by atoms with E-state index in [1.807, 2.05) is 34.6 Å². The third-order valence-electron chi connectivity index (χ3n) is 4.37. The van der Waals surface area contributed by atoms with Gasteiger partial charge in [-0.3, -0.25) is 0 Å². The van der Waals surface area contributed by atoms with Crippen LogP contribution in [0.2, 0.25) is 0 Å². The predicted octanol–water partition coefficient (Wildman–Crippen LogP) is 1.49. The van der Waals surface area contributed by atoms with Crippen molar-refractivity contribution in [2.24, 2.45) is 0 Å². The minimum absolute atomic E-state index is 0.0347. The number of amides is 2. The first-order valence-corrected chi connectivity index (χ1v) is 8.81. The van der Waals surface area contributed by atoms with Crippen LogP contribution >= 0.6 is 0 Å². The number of aromatic nitrogens is 3. The smallest absolute Gasteiger partial charge is 0.317 e. The summed E-state index contributed by atoms with van der Waals surface area (Å²) in [7, 11) is 0. The van der Waals surface area contributed by atoms with Gasteiger partial charge in [0.1, 0.15) is 12.2 Å². The van der Waals surface area contributed by atoms with Crippen molar-refractivity contribution in [1.29, 1.82) is 0 Å². The highest BCUT2D eigenvalue weighted by atomic mass is 16.5. The molecule has 0 radical (unpaired) electrons. The van der Waals surface area contributed by atoms with Crippen molar-refractivity contribution in [3.05, 3.63) is 48.0 Å². The summed E-state index contributed by atoms with van der Waals surface area (Å²) in [5.74, 6) is 0.934. The zero-order valence-corrected chi connectivity index (χ0v) is 14.6. The van der Waals surface area contributed by atoms with E-state index in [1.165, 1.54) is 5.56 Å². The summed E-state index contributed by atoms with van der Waals surface area (Å²) in [5, 5.41) is 10.9. The van der Waals surface area contributed by atoms with Gasteiger partial charge in [0, 0.05) is 39.0 Å². The molecule has 7 nitrogen and oxygen atoms in total. The van der Waals surface area contributed by atoms with Gasteiger partial charge in [0.05, 0.1) is 12.7 Å². The Kier molecular flexibility index (Phi) is 6.00. The van der Waals surface area contributed by atoms with Crippen LogP contribution in [0.1, 0.15) is 18.3 Å². The number of aryl methyl sites for hydroxylation is 1. The van der Waals surface area contributed by atoms with E-state index < -0.39 is 0 Å². The van der Waals surface area contributed by atoms with Gasteiger partial charge < -0.3 is 19.5 Å². The zero-order valence-electron chi connectivity index (χ0n) is 14.6. The molecule has 2 aromatic rings. The van der Waals surface area contributed by atoms with Crippen LogP contribution in [0, 0.1) is 0 Å². The van der Waals surface area contributed by atoms with Crippen LogP contribution in [0.15, 0.2) is 36.7 Å². The number of benzene rings is 1. The molecule has 1 aromatic carbocycles. The SMILES string of the molecule is CCc1nncn1CCNC(=O)N1CCO[C@@H](Cc2ccccc2)C1. The molecule has 1 N–H and O–H groups in total. The van der Waals surface area contributed by atoms with E-state index >= 15 is 0 Å². The van der Waals surface area contributed by atoms with Crippen molar-refractivity contribution in [1.82, 2.24) is 25.0 Å². The van der Waals surface area contributed by atoms with Crippen LogP contribution < -0.4 is 5.32 Å². The van der Waals surface area contributed by atoms with Crippen LogP contribution in [0.4, 0.5) is 4.79 Å². The Morgan fingerprint density at radius 2 is 2.20 bits per heavy atom. The molecule has 1 aliphatic heterocycles. The third kappa shape index (κ3) is 4.79. The number of carbonyl (C=O) groups is 1. The summed E-state index contributed by atoms with van der Waals surface area (Å²) < 4.78 is 7.78. The fraction of sp³-hybridized carbons (Fsp3) is 0.500. The quantitative estimate of drug-likeness (QED) is 0.863. The van der Waals surface area contributed by atoms with Crippen molar-refractivity contribution in [3.63, 3.8) is 0 Å². The van der Waals surface area contributed by atoms with Crippen molar-refractivity contribution in [3.8, 4) is 0 Å². The number of hydrogen-bond acceptors (Lipinski definition) is 4. The molecule has 2 amide bonds. The Morgan fingerprint density at radius 3 is 3.00 bits per heavy atom. The highest BCUT2D eigenvalue weighted by Gasteiger charge is 2.24. The topological polar surface area (TPSA) is 72.3 Å². The number of rotatable bonds is 6. The maximum Gasteiger partial charge on any atom is 0.317 e. The van der Waals surface area contributed by atoms with Gasteiger partial charge in [-0.05, 0) is 5.56 Å². The number of nitrogens with zero attached hydrogens (tertiary/aromatic N) is 4. The maximum atomic E-state index is 12.4. The van der Waals surface area contributed by atoms with Gasteiger partial charge in [-0.1, -0.05) is 37.3 Å². The molecule has 3 rings (SSSR count). The molecule has 1 aliphatic rings. The monoisotopic (exact) mass is 343 g/mol. The average molecular weight is 343 g/mol. The molecule has 1 atom stereocenters. The van der Waals surface area contributed by atoms with Gasteiger partial charge in [-0.25, -0.2) is 4.79 Å². The lowest BCUT2D eigenvalue weighted by atomic mass is 10.1. The van der Waals surface area contributed by atoms with Crippen LogP contribution in [0.25, 0.3) is 0 Å². The molecule has 0 spiro atoms. The molecule has 7 heteroatoms. The Hall–Kier alpha value is -2.41. The van der Waals surface area contributed by atoms with E-state index in [9.17, 15) is 4.79 Å². The number of morpholine rings is 1. The normalized spacial score (nSPS) is 17.5. The maximum absolute atomic E-state index is 12.4. The van der Waals surface area contributed by atoms with Crippen molar-refractivity contribution < 1.29 is 9.53 Å². The first-order chi connectivity index (χ1) is 12.3. The largest absolute Gasteiger partial charge is 0.374 e. The van der Waals surface area contributed by atoms with Gasteiger partial charge in [0.15, 0.2) is 0 Å². The van der Waals surface area contributed by atoms with Gasteiger partial charge in [-0.2, -0.15) is 0 Å². The fourth-order valence-corrected chi connectivity index (χ4v) is 3.04. The minimum atomic E-state index is -0.0347. The molecule has 0 aliphatic carbocycles. The first-order valence-electron chi connectivity index (χ1n) is 8.81. The lowest BCUT2D eigenvalue weighted by Crippen LogP contribution is -2.50. The van der Waals surface area contributed by atoms with E-state index in [0.29, 0.717) is 32.8 Å². The van der Waals surface area contributed by atoms with Crippen LogP contribution in [-0.4, -0.2) is 58.0 Å². The second kappa shape index (κ2) is 8.62. The fourth-order valence-electron chi connectivity index (χ4n) is 3.04. The molecule has 1 aromatic heterocycles. The standard InChI is InChI=1S/C18H25N5O2/c1-2-17-21-20-14-23(17)9-8-19-18(24)22-10-11-25-16(13-22)12-15-6-4-3-5-7-15/h3-7,14,16H,2,8-13H2,1H3,(H,19,24)/t16-/m0/s1. The lowest BCUT2D eigenvalue weighted by molar-refractivity contribution is -0.0132. The molecule has 1 fully saturated rings. The molecule has 0 unspecified atom stereocenters. The van der Waals surface area contributed by atoms with Crippen molar-refractivity contribution in [2.45, 2.75) is 32.4 Å². The van der Waals surface area contributed by atoms with Crippen LogP contribution in [0.5, 0.6) is 0 Å². The molecule has 134 valence electrons. The minimum Gasteiger partial charge on any atom is -0.374 e. The number of carbonyl (C=O) groups excluding carboxylic acids is 1. The second-order valence-corrected chi connectivity index (χ2v) is 6.15. The van der Waals surface area contributed by atoms with Crippen LogP contribution in [0.3, 0.4) is 0 Å². The predicted molar refractivity (Wildman–Crippen MR) is 94.3 cm³/mol. The first kappa shape index (κ1) is 17.4. The van der Waals surface area contributed by atoms with E-state index in [2.05, 4.69) is 27.6 Å². The summed E-state index contributed by atoms with van der Waals surface area (Å²) in [6, 6.07) is 10.2. The molecule has 2 heterocycles. The van der Waals surface area contributed by atoms with E-state index in [1.54, 1.807) is 6.33 Å². The third-order valence-corrected chi connectivity index (χ3v) is 4.37. The average Bonchev–Trinajstić information content (AvgIpc) is 3.10. The van der Waals surface area contributed by atoms with E-state index in [4.69, 9.17) is 4.74 Å². The Morgan fingerprint density at radius 1 is 1.36 bits per heavy atom. The summed E-state index contributed by atoms with van der Waals surface area (Å²) in [4.78, 5) is 14.2. The van der Waals surface area contributed by atoms with Gasteiger partial charge in [0.2, 0.25) is 0 Å². The Labute approximate surface area is 148 Å². The zero-order chi connectivity index (χ0) is 17.5. The number of nitrogens with one attached hydrogen (secondary N) is 1. The van der Waals surface area contributed by atoms with Gasteiger partial charge >= 0.3 is 6.03 Å². The van der Waals surface area contributed by atoms with E-state index in [-0.39, 0.29) is 12.1 Å². The molecule has 1 saturated heterocycles. The molecular weight excluding hydrogens is 318 g/mol. The summed E-state index contributed by atoms with van der Waals surface area (Å²) >= 11 is 0. The molecule has 0 saturated carbocycles. The lowest BCUT2D eigenvalue weighted by Gasteiger charge is -2.33. The molecule has 0 bridgehead atoms. The van der Waals surface area contributed by atoms with Gasteiger partial charge in [-0.15, -0.1) is 10.2 Å². The summed E-state index contributed by atoms with van der Waals surface area (Å²) in [5.41, 5.74) is 1.23.